The highest BCUT2D eigenvalue weighted by Crippen LogP contribution is 2.33. The van der Waals surface area contributed by atoms with E-state index in [1.54, 1.807) is 0 Å². The van der Waals surface area contributed by atoms with Crippen LogP contribution < -0.4 is 9.47 Å². The van der Waals surface area contributed by atoms with Gasteiger partial charge in [0.15, 0.2) is 11.5 Å². The minimum absolute atomic E-state index is 0.0942. The summed E-state index contributed by atoms with van der Waals surface area (Å²) in [6.07, 6.45) is 0.875. The van der Waals surface area contributed by atoms with Crippen molar-refractivity contribution in [2.45, 2.75) is 26.3 Å². The first-order valence-electron chi connectivity index (χ1n) is 8.38. The summed E-state index contributed by atoms with van der Waals surface area (Å²) in [5, 5.41) is 0. The second-order valence-electron chi connectivity index (χ2n) is 6.60. The average Bonchev–Trinajstić information content (AvgIpc) is 3.17. The molecule has 0 spiro atoms. The Morgan fingerprint density at radius 1 is 1.00 bits per heavy atom. The van der Waals surface area contributed by atoms with E-state index in [1.807, 2.05) is 49.4 Å². The van der Waals surface area contributed by atoms with Crippen LogP contribution in [0.2, 0.25) is 0 Å². The third-order valence-corrected chi connectivity index (χ3v) is 4.72. The van der Waals surface area contributed by atoms with E-state index in [0.717, 1.165) is 11.1 Å². The highest BCUT2D eigenvalue weighted by atomic mass is 16.7. The van der Waals surface area contributed by atoms with Crippen LogP contribution in [0, 0.1) is 12.8 Å². The largest absolute Gasteiger partial charge is 0.454 e. The lowest BCUT2D eigenvalue weighted by molar-refractivity contribution is -0.140. The Morgan fingerprint density at radius 2 is 1.72 bits per heavy atom. The first kappa shape index (κ1) is 15.7. The summed E-state index contributed by atoms with van der Waals surface area (Å²) < 4.78 is 10.6. The molecule has 2 aromatic carbocycles. The Bertz CT molecular complexity index is 828. The Balaban J connectivity index is 1.46. The van der Waals surface area contributed by atoms with Crippen LogP contribution in [0.25, 0.3) is 0 Å². The predicted octanol–water partition coefficient (Wildman–Crippen LogP) is 2.84. The lowest BCUT2D eigenvalue weighted by Crippen LogP contribution is -2.30. The van der Waals surface area contributed by atoms with Gasteiger partial charge in [0.25, 0.3) is 0 Å². The van der Waals surface area contributed by atoms with Gasteiger partial charge in [0.05, 0.1) is 12.5 Å². The molecule has 0 radical (unpaired) electrons. The van der Waals surface area contributed by atoms with Gasteiger partial charge in [0.1, 0.15) is 0 Å². The van der Waals surface area contributed by atoms with Crippen LogP contribution in [0.3, 0.4) is 0 Å². The molecule has 2 amide bonds. The molecule has 0 unspecified atom stereocenters. The summed E-state index contributed by atoms with van der Waals surface area (Å²) in [7, 11) is 0. The smallest absolute Gasteiger partial charge is 0.233 e. The topological polar surface area (TPSA) is 55.8 Å². The second-order valence-corrected chi connectivity index (χ2v) is 6.60. The molecule has 4 rings (SSSR count). The summed E-state index contributed by atoms with van der Waals surface area (Å²) in [6.45, 7) is 2.51. The molecule has 25 heavy (non-hydrogen) atoms. The van der Waals surface area contributed by atoms with E-state index in [4.69, 9.17) is 9.47 Å². The number of rotatable bonds is 4. The molecular weight excluding hydrogens is 318 g/mol. The fourth-order valence-corrected chi connectivity index (χ4v) is 3.31. The molecule has 0 aliphatic carbocycles. The number of carbonyl (C=O) groups is 2. The van der Waals surface area contributed by atoms with Gasteiger partial charge in [-0.15, -0.1) is 0 Å². The number of ether oxygens (including phenoxy) is 2. The Hall–Kier alpha value is -2.82. The van der Waals surface area contributed by atoms with Crippen molar-refractivity contribution >= 4 is 11.8 Å². The Morgan fingerprint density at radius 3 is 2.52 bits per heavy atom. The Labute approximate surface area is 146 Å². The van der Waals surface area contributed by atoms with Crippen molar-refractivity contribution in [3.8, 4) is 11.5 Å². The van der Waals surface area contributed by atoms with Crippen LogP contribution in [-0.2, 0) is 22.6 Å². The molecule has 128 valence electrons. The van der Waals surface area contributed by atoms with Crippen LogP contribution in [0.5, 0.6) is 11.5 Å². The van der Waals surface area contributed by atoms with Gasteiger partial charge in [0.2, 0.25) is 18.6 Å². The van der Waals surface area contributed by atoms with Gasteiger partial charge in [0, 0.05) is 6.42 Å². The molecule has 2 aliphatic heterocycles. The average molecular weight is 337 g/mol. The maximum atomic E-state index is 12.7. The van der Waals surface area contributed by atoms with Crippen LogP contribution in [0.15, 0.2) is 42.5 Å². The molecule has 0 saturated carbocycles. The summed E-state index contributed by atoms with van der Waals surface area (Å²) in [6, 6.07) is 13.6. The first-order valence-corrected chi connectivity index (χ1v) is 8.38. The van der Waals surface area contributed by atoms with Crippen LogP contribution in [0.4, 0.5) is 0 Å². The number of benzene rings is 2. The monoisotopic (exact) mass is 337 g/mol. The summed E-state index contributed by atoms with van der Waals surface area (Å²) in [5.74, 6) is 0.875. The van der Waals surface area contributed by atoms with E-state index in [0.29, 0.717) is 17.9 Å². The molecule has 5 heteroatoms. The van der Waals surface area contributed by atoms with E-state index >= 15 is 0 Å². The van der Waals surface area contributed by atoms with Gasteiger partial charge >= 0.3 is 0 Å². The van der Waals surface area contributed by atoms with Gasteiger partial charge in [-0.2, -0.15) is 0 Å². The van der Waals surface area contributed by atoms with Crippen LogP contribution in [-0.4, -0.2) is 23.5 Å². The third-order valence-electron chi connectivity index (χ3n) is 4.72. The van der Waals surface area contributed by atoms with Crippen molar-refractivity contribution in [3.05, 3.63) is 59.2 Å². The molecule has 0 aromatic heterocycles. The first-order chi connectivity index (χ1) is 12.1. The minimum Gasteiger partial charge on any atom is -0.454 e. The van der Waals surface area contributed by atoms with Crippen molar-refractivity contribution < 1.29 is 19.1 Å². The standard InChI is InChI=1S/C20H19NO4/c1-13-2-4-14(5-3-13)8-16-10-19(22)21(20(16)23)11-15-6-7-17-18(9-15)25-12-24-17/h2-7,9,16H,8,10-12H2,1H3/t16-/m1/s1. The summed E-state index contributed by atoms with van der Waals surface area (Å²) in [5.41, 5.74) is 3.13. The highest BCUT2D eigenvalue weighted by molar-refractivity contribution is 6.03. The molecule has 5 nitrogen and oxygen atoms in total. The number of nitrogens with zero attached hydrogens (tertiary/aromatic N) is 1. The molecule has 1 atom stereocenters. The number of amides is 2. The van der Waals surface area contributed by atoms with Crippen molar-refractivity contribution in [3.63, 3.8) is 0 Å². The summed E-state index contributed by atoms with van der Waals surface area (Å²) in [4.78, 5) is 26.4. The minimum atomic E-state index is -0.274. The molecule has 1 fully saturated rings. The molecule has 2 heterocycles. The number of likely N-dealkylation sites (tertiary alicyclic amines) is 1. The maximum Gasteiger partial charge on any atom is 0.233 e. The number of carbonyl (C=O) groups excluding carboxylic acids is 2. The second kappa shape index (κ2) is 6.24. The van der Waals surface area contributed by atoms with E-state index in [2.05, 4.69) is 0 Å². The number of imide groups is 1. The van der Waals surface area contributed by atoms with Gasteiger partial charge in [-0.05, 0) is 36.6 Å². The number of hydrogen-bond donors (Lipinski definition) is 0. The lowest BCUT2D eigenvalue weighted by Gasteiger charge is -2.15. The van der Waals surface area contributed by atoms with E-state index in [9.17, 15) is 9.59 Å². The van der Waals surface area contributed by atoms with Crippen LogP contribution >= 0.6 is 0 Å². The van der Waals surface area contributed by atoms with Crippen molar-refractivity contribution in [1.29, 1.82) is 0 Å². The zero-order valence-corrected chi connectivity index (χ0v) is 14.0. The third kappa shape index (κ3) is 3.09. The van der Waals surface area contributed by atoms with Crippen molar-refractivity contribution in [2.75, 3.05) is 6.79 Å². The predicted molar refractivity (Wildman–Crippen MR) is 91.1 cm³/mol. The number of aryl methyl sites for hydroxylation is 1. The zero-order chi connectivity index (χ0) is 17.4. The number of hydrogen-bond acceptors (Lipinski definition) is 4. The molecule has 2 aliphatic rings. The number of fused-ring (bicyclic) bond motifs is 1. The van der Waals surface area contributed by atoms with E-state index in [1.165, 1.54) is 10.5 Å². The molecule has 0 bridgehead atoms. The van der Waals surface area contributed by atoms with Gasteiger partial charge in [-0.25, -0.2) is 0 Å². The van der Waals surface area contributed by atoms with Gasteiger partial charge < -0.3 is 9.47 Å². The molecule has 2 aromatic rings. The van der Waals surface area contributed by atoms with Crippen molar-refractivity contribution in [2.24, 2.45) is 5.92 Å². The Kier molecular flexibility index (Phi) is 3.92. The van der Waals surface area contributed by atoms with E-state index in [-0.39, 0.29) is 37.5 Å². The van der Waals surface area contributed by atoms with Crippen LogP contribution in [0.1, 0.15) is 23.1 Å². The molecule has 1 saturated heterocycles. The highest BCUT2D eigenvalue weighted by Gasteiger charge is 2.38. The fraction of sp³-hybridized carbons (Fsp3) is 0.300. The van der Waals surface area contributed by atoms with Gasteiger partial charge in [-0.1, -0.05) is 35.9 Å². The normalized spacial score (nSPS) is 18.9. The SMILES string of the molecule is Cc1ccc(C[C@@H]2CC(=O)N(Cc3ccc4c(c3)OCO4)C2=O)cc1. The lowest BCUT2D eigenvalue weighted by atomic mass is 9.97. The van der Waals surface area contributed by atoms with Gasteiger partial charge in [-0.3, -0.25) is 14.5 Å². The quantitative estimate of drug-likeness (QED) is 0.805. The van der Waals surface area contributed by atoms with Crippen molar-refractivity contribution in [1.82, 2.24) is 4.90 Å². The summed E-state index contributed by atoms with van der Waals surface area (Å²) >= 11 is 0. The zero-order valence-electron chi connectivity index (χ0n) is 14.0. The fourth-order valence-electron chi connectivity index (χ4n) is 3.31. The maximum absolute atomic E-state index is 12.7. The van der Waals surface area contributed by atoms with E-state index < -0.39 is 0 Å². The molecule has 0 N–H and O–H groups in total. The molecular formula is C20H19NO4.